The van der Waals surface area contributed by atoms with Gasteiger partial charge in [0.15, 0.2) is 0 Å². The zero-order chi connectivity index (χ0) is 12.1. The summed E-state index contributed by atoms with van der Waals surface area (Å²) in [6.07, 6.45) is 0. The Balaban J connectivity index is 2.26. The van der Waals surface area contributed by atoms with Crippen molar-refractivity contribution in [3.05, 3.63) is 59.7 Å². The molecule has 0 fully saturated rings. The summed E-state index contributed by atoms with van der Waals surface area (Å²) in [4.78, 5) is 2.62. The van der Waals surface area contributed by atoms with Crippen LogP contribution in [-0.4, -0.2) is 7.05 Å². The van der Waals surface area contributed by atoms with Crippen molar-refractivity contribution in [2.45, 2.75) is 23.3 Å². The Hall–Kier alpha value is -1.25. The van der Waals surface area contributed by atoms with E-state index in [1.54, 1.807) is 0 Å². The molecule has 0 saturated carbocycles. The average Bonchev–Trinajstić information content (AvgIpc) is 2.34. The first kappa shape index (κ1) is 12.2. The van der Waals surface area contributed by atoms with Crippen LogP contribution in [0, 0.1) is 6.92 Å². The van der Waals surface area contributed by atoms with Gasteiger partial charge in [0.25, 0.3) is 0 Å². The molecule has 2 rings (SSSR count). The third kappa shape index (κ3) is 3.35. The van der Waals surface area contributed by atoms with Crippen molar-refractivity contribution in [1.29, 1.82) is 0 Å². The molecule has 0 aliphatic heterocycles. The summed E-state index contributed by atoms with van der Waals surface area (Å²) in [6.45, 7) is 3.05. The van der Waals surface area contributed by atoms with E-state index < -0.39 is 0 Å². The molecule has 0 radical (unpaired) electrons. The van der Waals surface area contributed by atoms with Gasteiger partial charge in [0.1, 0.15) is 0 Å². The van der Waals surface area contributed by atoms with E-state index in [2.05, 4.69) is 54.7 Å². The highest BCUT2D eigenvalue weighted by molar-refractivity contribution is 7.99. The van der Waals surface area contributed by atoms with Crippen LogP contribution in [0.5, 0.6) is 0 Å². The summed E-state index contributed by atoms with van der Waals surface area (Å²) in [5, 5.41) is 3.22. The first-order chi connectivity index (χ1) is 8.29. The maximum absolute atomic E-state index is 3.22. The van der Waals surface area contributed by atoms with E-state index in [0.717, 1.165) is 6.54 Å². The van der Waals surface area contributed by atoms with Crippen LogP contribution >= 0.6 is 11.8 Å². The molecular formula is C15H17NS. The van der Waals surface area contributed by atoms with Gasteiger partial charge in [-0.25, -0.2) is 0 Å². The second-order valence-electron chi connectivity index (χ2n) is 4.06. The van der Waals surface area contributed by atoms with E-state index in [1.807, 2.05) is 24.9 Å². The van der Waals surface area contributed by atoms with Gasteiger partial charge in [-0.15, -0.1) is 0 Å². The molecule has 0 aliphatic rings. The van der Waals surface area contributed by atoms with Crippen LogP contribution in [0.1, 0.15) is 11.1 Å². The normalized spacial score (nSPS) is 10.5. The SMILES string of the molecule is CNCc1cc(C)ccc1Sc1ccccc1. The summed E-state index contributed by atoms with van der Waals surface area (Å²) in [5.41, 5.74) is 2.68. The minimum atomic E-state index is 0.914. The molecule has 0 aliphatic carbocycles. The van der Waals surface area contributed by atoms with Crippen LogP contribution in [0.25, 0.3) is 0 Å². The third-order valence-electron chi connectivity index (χ3n) is 2.55. The number of rotatable bonds is 4. The molecule has 1 nitrogen and oxygen atoms in total. The lowest BCUT2D eigenvalue weighted by molar-refractivity contribution is 0.802. The van der Waals surface area contributed by atoms with Crippen molar-refractivity contribution in [3.8, 4) is 0 Å². The van der Waals surface area contributed by atoms with Crippen LogP contribution in [0.4, 0.5) is 0 Å². The van der Waals surface area contributed by atoms with Gasteiger partial charge in [0, 0.05) is 16.3 Å². The van der Waals surface area contributed by atoms with Crippen LogP contribution in [0.2, 0.25) is 0 Å². The van der Waals surface area contributed by atoms with Crippen molar-refractivity contribution in [3.63, 3.8) is 0 Å². The second-order valence-corrected chi connectivity index (χ2v) is 5.17. The van der Waals surface area contributed by atoms with Gasteiger partial charge >= 0.3 is 0 Å². The van der Waals surface area contributed by atoms with Gasteiger partial charge in [0.2, 0.25) is 0 Å². The zero-order valence-corrected chi connectivity index (χ0v) is 11.1. The highest BCUT2D eigenvalue weighted by Crippen LogP contribution is 2.30. The molecule has 0 amide bonds. The first-order valence-electron chi connectivity index (χ1n) is 5.76. The fraction of sp³-hybridized carbons (Fsp3) is 0.200. The van der Waals surface area contributed by atoms with Gasteiger partial charge in [-0.05, 0) is 37.7 Å². The molecule has 88 valence electrons. The highest BCUT2D eigenvalue weighted by atomic mass is 32.2. The molecule has 0 spiro atoms. The fourth-order valence-electron chi connectivity index (χ4n) is 1.75. The molecule has 2 aromatic rings. The Kier molecular flexibility index (Phi) is 4.24. The van der Waals surface area contributed by atoms with Crippen molar-refractivity contribution in [2.75, 3.05) is 7.05 Å². The van der Waals surface area contributed by atoms with Gasteiger partial charge in [0.05, 0.1) is 0 Å². The first-order valence-corrected chi connectivity index (χ1v) is 6.58. The topological polar surface area (TPSA) is 12.0 Å². The Morgan fingerprint density at radius 1 is 1.06 bits per heavy atom. The van der Waals surface area contributed by atoms with Crippen molar-refractivity contribution in [1.82, 2.24) is 5.32 Å². The van der Waals surface area contributed by atoms with Crippen LogP contribution < -0.4 is 5.32 Å². The molecule has 1 N–H and O–H groups in total. The zero-order valence-electron chi connectivity index (χ0n) is 10.2. The van der Waals surface area contributed by atoms with Gasteiger partial charge in [-0.2, -0.15) is 0 Å². The summed E-state index contributed by atoms with van der Waals surface area (Å²) in [5.74, 6) is 0. The van der Waals surface area contributed by atoms with Crippen LogP contribution in [-0.2, 0) is 6.54 Å². The summed E-state index contributed by atoms with van der Waals surface area (Å²) >= 11 is 1.82. The summed E-state index contributed by atoms with van der Waals surface area (Å²) < 4.78 is 0. The maximum atomic E-state index is 3.22. The largest absolute Gasteiger partial charge is 0.316 e. The predicted molar refractivity (Wildman–Crippen MR) is 74.5 cm³/mol. The standard InChI is InChI=1S/C15H17NS/c1-12-8-9-15(13(10-12)11-16-2)17-14-6-4-3-5-7-14/h3-10,16H,11H2,1-2H3. The molecule has 17 heavy (non-hydrogen) atoms. The van der Waals surface area contributed by atoms with E-state index in [1.165, 1.54) is 20.9 Å². The fourth-order valence-corrected chi connectivity index (χ4v) is 2.70. The Labute approximate surface area is 107 Å². The lowest BCUT2D eigenvalue weighted by Gasteiger charge is -2.09. The van der Waals surface area contributed by atoms with E-state index >= 15 is 0 Å². The van der Waals surface area contributed by atoms with Gasteiger partial charge < -0.3 is 5.32 Å². The minimum absolute atomic E-state index is 0.914. The summed E-state index contributed by atoms with van der Waals surface area (Å²) in [7, 11) is 1.99. The molecule has 0 heterocycles. The maximum Gasteiger partial charge on any atom is 0.0213 e. The highest BCUT2D eigenvalue weighted by Gasteiger charge is 2.04. The molecule has 0 atom stereocenters. The third-order valence-corrected chi connectivity index (χ3v) is 3.68. The Morgan fingerprint density at radius 3 is 2.53 bits per heavy atom. The Bertz CT molecular complexity index is 480. The smallest absolute Gasteiger partial charge is 0.0213 e. The molecule has 2 aromatic carbocycles. The van der Waals surface area contributed by atoms with Gasteiger partial charge in [-0.1, -0.05) is 47.7 Å². The van der Waals surface area contributed by atoms with E-state index in [4.69, 9.17) is 0 Å². The molecular weight excluding hydrogens is 226 g/mol. The summed E-state index contributed by atoms with van der Waals surface area (Å²) in [6, 6.07) is 17.1. The van der Waals surface area contributed by atoms with E-state index in [0.29, 0.717) is 0 Å². The quantitative estimate of drug-likeness (QED) is 0.875. The van der Waals surface area contributed by atoms with Crippen molar-refractivity contribution < 1.29 is 0 Å². The van der Waals surface area contributed by atoms with Crippen molar-refractivity contribution >= 4 is 11.8 Å². The van der Waals surface area contributed by atoms with Crippen LogP contribution in [0.15, 0.2) is 58.3 Å². The predicted octanol–water partition coefficient (Wildman–Crippen LogP) is 3.87. The lowest BCUT2D eigenvalue weighted by Crippen LogP contribution is -2.06. The van der Waals surface area contributed by atoms with Crippen LogP contribution in [0.3, 0.4) is 0 Å². The number of aryl methyl sites for hydroxylation is 1. The average molecular weight is 243 g/mol. The van der Waals surface area contributed by atoms with Crippen molar-refractivity contribution in [2.24, 2.45) is 0 Å². The van der Waals surface area contributed by atoms with E-state index in [-0.39, 0.29) is 0 Å². The van der Waals surface area contributed by atoms with E-state index in [9.17, 15) is 0 Å². The molecule has 2 heteroatoms. The van der Waals surface area contributed by atoms with Gasteiger partial charge in [-0.3, -0.25) is 0 Å². The monoisotopic (exact) mass is 243 g/mol. The molecule has 0 aromatic heterocycles. The number of hydrogen-bond acceptors (Lipinski definition) is 2. The lowest BCUT2D eigenvalue weighted by atomic mass is 10.1. The number of hydrogen-bond donors (Lipinski definition) is 1. The molecule has 0 unspecified atom stereocenters. The number of benzene rings is 2. The number of nitrogens with one attached hydrogen (secondary N) is 1. The minimum Gasteiger partial charge on any atom is -0.316 e. The molecule has 0 saturated heterocycles. The Morgan fingerprint density at radius 2 is 1.82 bits per heavy atom. The molecule has 0 bridgehead atoms. The second kappa shape index (κ2) is 5.89.